The van der Waals surface area contributed by atoms with Crippen LogP contribution in [0.25, 0.3) is 5.57 Å². The lowest BCUT2D eigenvalue weighted by atomic mass is 10.1. The molecule has 0 unspecified atom stereocenters. The minimum absolute atomic E-state index is 0.985. The molecule has 1 nitrogen and oxygen atoms in total. The Morgan fingerprint density at radius 3 is 2.20 bits per heavy atom. The molecular weight excluding hydrogens is 200 g/mol. The first-order valence-corrected chi connectivity index (χ1v) is 8.51. The van der Waals surface area contributed by atoms with E-state index in [-0.39, 0.29) is 0 Å². The Morgan fingerprint density at radius 1 is 1.27 bits per heavy atom. The van der Waals surface area contributed by atoms with Crippen molar-refractivity contribution in [3.8, 4) is 5.75 Å². The van der Waals surface area contributed by atoms with Gasteiger partial charge in [0.25, 0.3) is 0 Å². The van der Waals surface area contributed by atoms with Gasteiger partial charge in [-0.25, -0.2) is 0 Å². The van der Waals surface area contributed by atoms with Gasteiger partial charge in [-0.15, -0.1) is 0 Å². The van der Waals surface area contributed by atoms with E-state index in [1.54, 1.807) is 0 Å². The van der Waals surface area contributed by atoms with Crippen LogP contribution >= 0.6 is 0 Å². The summed E-state index contributed by atoms with van der Waals surface area (Å²) in [5.74, 6) is 0.985. The summed E-state index contributed by atoms with van der Waals surface area (Å²) in [5.41, 5.74) is 2.27. The van der Waals surface area contributed by atoms with E-state index in [2.05, 4.69) is 38.7 Å². The van der Waals surface area contributed by atoms with Crippen LogP contribution in [0.4, 0.5) is 0 Å². The molecule has 1 aromatic carbocycles. The molecule has 0 aliphatic carbocycles. The summed E-state index contributed by atoms with van der Waals surface area (Å²) in [7, 11) is -1.49. The van der Waals surface area contributed by atoms with Crippen LogP contribution in [-0.2, 0) is 0 Å². The van der Waals surface area contributed by atoms with E-state index in [0.29, 0.717) is 0 Å². The fourth-order valence-corrected chi connectivity index (χ4v) is 2.12. The van der Waals surface area contributed by atoms with Crippen LogP contribution in [0.2, 0.25) is 19.1 Å². The summed E-state index contributed by atoms with van der Waals surface area (Å²) >= 11 is 0. The van der Waals surface area contributed by atoms with Crippen LogP contribution in [0.1, 0.15) is 19.4 Å². The molecule has 1 aromatic rings. The Kier molecular flexibility index (Phi) is 3.75. The first-order chi connectivity index (χ1) is 6.94. The third-order valence-corrected chi connectivity index (χ3v) is 5.08. The van der Waals surface area contributed by atoms with Crippen molar-refractivity contribution in [1.82, 2.24) is 0 Å². The molecular formula is C13H20OSi. The highest BCUT2D eigenvalue weighted by molar-refractivity contribution is 6.71. The van der Waals surface area contributed by atoms with Crippen LogP contribution in [0, 0.1) is 0 Å². The van der Waals surface area contributed by atoms with E-state index < -0.39 is 8.32 Å². The van der Waals surface area contributed by atoms with Gasteiger partial charge in [-0.05, 0) is 43.8 Å². The molecule has 0 bridgehead atoms. The van der Waals surface area contributed by atoms with Crippen LogP contribution in [0.15, 0.2) is 30.8 Å². The van der Waals surface area contributed by atoms with Gasteiger partial charge in [-0.1, -0.05) is 31.2 Å². The van der Waals surface area contributed by atoms with Crippen molar-refractivity contribution in [2.75, 3.05) is 0 Å². The Balaban J connectivity index is 2.77. The van der Waals surface area contributed by atoms with Crippen molar-refractivity contribution in [1.29, 1.82) is 0 Å². The zero-order chi connectivity index (χ0) is 11.5. The van der Waals surface area contributed by atoms with Crippen molar-refractivity contribution in [3.63, 3.8) is 0 Å². The maximum atomic E-state index is 5.99. The van der Waals surface area contributed by atoms with Crippen molar-refractivity contribution in [2.45, 2.75) is 33.0 Å². The van der Waals surface area contributed by atoms with Gasteiger partial charge in [0.2, 0.25) is 8.32 Å². The van der Waals surface area contributed by atoms with Crippen molar-refractivity contribution < 1.29 is 4.43 Å². The molecule has 15 heavy (non-hydrogen) atoms. The van der Waals surface area contributed by atoms with Gasteiger partial charge in [-0.3, -0.25) is 0 Å². The summed E-state index contributed by atoms with van der Waals surface area (Å²) in [6.07, 6.45) is 0. The molecule has 0 aliphatic heterocycles. The predicted octanol–water partition coefficient (Wildman–Crippen LogP) is 4.32. The Bertz CT molecular complexity index is 338. The van der Waals surface area contributed by atoms with E-state index in [4.69, 9.17) is 4.43 Å². The summed E-state index contributed by atoms with van der Waals surface area (Å²) in [6.45, 7) is 12.6. The minimum atomic E-state index is -1.49. The first-order valence-electron chi connectivity index (χ1n) is 5.39. The lowest BCUT2D eigenvalue weighted by Crippen LogP contribution is -2.32. The zero-order valence-corrected chi connectivity index (χ0v) is 11.1. The standard InChI is InChI=1S/C13H20OSi/c1-6-15(4,5)14-13-9-7-12(8-10-13)11(2)3/h7-10H,2,6H2,1,3-5H3. The van der Waals surface area contributed by atoms with Crippen LogP contribution in [-0.4, -0.2) is 8.32 Å². The molecule has 0 aliphatic rings. The highest BCUT2D eigenvalue weighted by atomic mass is 28.4. The number of hydrogen-bond acceptors (Lipinski definition) is 1. The maximum absolute atomic E-state index is 5.99. The molecule has 82 valence electrons. The number of allylic oxidation sites excluding steroid dienone is 1. The largest absolute Gasteiger partial charge is 0.544 e. The van der Waals surface area contributed by atoms with E-state index in [1.165, 1.54) is 5.56 Å². The van der Waals surface area contributed by atoms with Gasteiger partial charge in [0.05, 0.1) is 0 Å². The topological polar surface area (TPSA) is 9.23 Å². The average molecular weight is 220 g/mol. The molecule has 0 aromatic heterocycles. The molecule has 0 amide bonds. The zero-order valence-electron chi connectivity index (χ0n) is 10.1. The van der Waals surface area contributed by atoms with Gasteiger partial charge in [-0.2, -0.15) is 0 Å². The SMILES string of the molecule is C=C(C)c1ccc(O[Si](C)(C)CC)cc1. The normalized spacial score (nSPS) is 11.2. The van der Waals surface area contributed by atoms with Crippen molar-refractivity contribution >= 4 is 13.9 Å². The first kappa shape index (κ1) is 12.0. The lowest BCUT2D eigenvalue weighted by molar-refractivity contribution is 0.549. The van der Waals surface area contributed by atoms with Crippen molar-refractivity contribution in [2.24, 2.45) is 0 Å². The van der Waals surface area contributed by atoms with Crippen LogP contribution in [0.3, 0.4) is 0 Å². The smallest absolute Gasteiger partial charge is 0.244 e. The predicted molar refractivity (Wildman–Crippen MR) is 69.7 cm³/mol. The molecule has 0 saturated carbocycles. The third-order valence-electron chi connectivity index (χ3n) is 2.59. The Morgan fingerprint density at radius 2 is 1.80 bits per heavy atom. The van der Waals surface area contributed by atoms with Crippen LogP contribution in [0.5, 0.6) is 5.75 Å². The summed E-state index contributed by atoms with van der Waals surface area (Å²) in [5, 5.41) is 0. The highest BCUT2D eigenvalue weighted by Gasteiger charge is 2.21. The summed E-state index contributed by atoms with van der Waals surface area (Å²) in [6, 6.07) is 9.34. The van der Waals surface area contributed by atoms with Gasteiger partial charge < -0.3 is 4.43 Å². The molecule has 1 rings (SSSR count). The molecule has 0 N–H and O–H groups in total. The second-order valence-corrected chi connectivity index (χ2v) is 8.95. The Hall–Kier alpha value is -1.02. The second-order valence-electron chi connectivity index (χ2n) is 4.52. The van der Waals surface area contributed by atoms with E-state index in [9.17, 15) is 0 Å². The van der Waals surface area contributed by atoms with Crippen molar-refractivity contribution in [3.05, 3.63) is 36.4 Å². The second kappa shape index (κ2) is 4.66. The molecule has 0 heterocycles. The minimum Gasteiger partial charge on any atom is -0.544 e. The number of benzene rings is 1. The van der Waals surface area contributed by atoms with Gasteiger partial charge in [0, 0.05) is 0 Å². The van der Waals surface area contributed by atoms with Crippen LogP contribution < -0.4 is 4.43 Å². The number of rotatable bonds is 4. The quantitative estimate of drug-likeness (QED) is 0.686. The van der Waals surface area contributed by atoms with E-state index >= 15 is 0 Å². The fourth-order valence-electron chi connectivity index (χ4n) is 1.20. The molecule has 0 radical (unpaired) electrons. The monoisotopic (exact) mass is 220 g/mol. The molecule has 0 saturated heterocycles. The maximum Gasteiger partial charge on any atom is 0.244 e. The Labute approximate surface area is 93.9 Å². The molecule has 0 spiro atoms. The van der Waals surface area contributed by atoms with E-state index in [1.807, 2.05) is 19.1 Å². The third kappa shape index (κ3) is 3.55. The number of hydrogen-bond donors (Lipinski definition) is 0. The van der Waals surface area contributed by atoms with Gasteiger partial charge >= 0.3 is 0 Å². The van der Waals surface area contributed by atoms with E-state index in [0.717, 1.165) is 17.4 Å². The molecule has 2 heteroatoms. The lowest BCUT2D eigenvalue weighted by Gasteiger charge is -2.22. The van der Waals surface area contributed by atoms with Gasteiger partial charge in [0.15, 0.2) is 0 Å². The average Bonchev–Trinajstić information content (AvgIpc) is 2.18. The van der Waals surface area contributed by atoms with Gasteiger partial charge in [0.1, 0.15) is 5.75 Å². The molecule has 0 fully saturated rings. The summed E-state index contributed by atoms with van der Waals surface area (Å²) in [4.78, 5) is 0. The fraction of sp³-hybridized carbons (Fsp3) is 0.385. The molecule has 0 atom stereocenters. The summed E-state index contributed by atoms with van der Waals surface area (Å²) < 4.78 is 5.99. The highest BCUT2D eigenvalue weighted by Crippen LogP contribution is 2.21.